The summed E-state index contributed by atoms with van der Waals surface area (Å²) in [4.78, 5) is 10.3. The molecule has 0 heterocycles. The number of hydrogen-bond acceptors (Lipinski definition) is 6. The molecular weight excluding hydrogens is 258 g/mol. The predicted molar refractivity (Wildman–Crippen MR) is 75.3 cm³/mol. The summed E-state index contributed by atoms with van der Waals surface area (Å²) < 4.78 is 0. The molecule has 4 N–H and O–H groups in total. The van der Waals surface area contributed by atoms with E-state index in [0.29, 0.717) is 22.6 Å². The zero-order valence-corrected chi connectivity index (χ0v) is 10.3. The van der Waals surface area contributed by atoms with E-state index in [1.165, 1.54) is 12.1 Å². The second kappa shape index (κ2) is 5.69. The smallest absolute Gasteiger partial charge is 0.273 e. The van der Waals surface area contributed by atoms with Crippen molar-refractivity contribution >= 4 is 22.7 Å². The highest BCUT2D eigenvalue weighted by atomic mass is 16.6. The van der Waals surface area contributed by atoms with Crippen molar-refractivity contribution in [3.05, 3.63) is 58.1 Å². The number of nitro groups is 1. The summed E-state index contributed by atoms with van der Waals surface area (Å²) >= 11 is 0. The van der Waals surface area contributed by atoms with Gasteiger partial charge in [0.05, 0.1) is 22.2 Å². The van der Waals surface area contributed by atoms with Gasteiger partial charge in [0.15, 0.2) is 0 Å². The van der Waals surface area contributed by atoms with Gasteiger partial charge in [-0.25, -0.2) is 0 Å². The Balaban J connectivity index is 2.35. The maximum atomic E-state index is 10.8. The lowest BCUT2D eigenvalue weighted by molar-refractivity contribution is -0.384. The molecule has 0 aliphatic carbocycles. The van der Waals surface area contributed by atoms with Crippen LogP contribution in [0.2, 0.25) is 0 Å². The lowest BCUT2D eigenvalue weighted by Crippen LogP contribution is -2.07. The van der Waals surface area contributed by atoms with Gasteiger partial charge in [0, 0.05) is 23.5 Å². The fourth-order valence-electron chi connectivity index (χ4n) is 1.71. The van der Waals surface area contributed by atoms with E-state index in [-0.39, 0.29) is 5.69 Å². The molecule has 0 bridgehead atoms. The monoisotopic (exact) mass is 269 g/mol. The van der Waals surface area contributed by atoms with E-state index in [9.17, 15) is 10.1 Å². The predicted octanol–water partition coefficient (Wildman–Crippen LogP) is 2.50. The molecule has 100 valence electrons. The molecule has 7 nitrogen and oxygen atoms in total. The summed E-state index contributed by atoms with van der Waals surface area (Å²) in [6.45, 7) is 0. The van der Waals surface area contributed by atoms with Gasteiger partial charge in [-0.15, -0.1) is 0 Å². The van der Waals surface area contributed by atoms with E-state index >= 15 is 0 Å². The lowest BCUT2D eigenvalue weighted by Gasteiger charge is -2.08. The number of nitrogens with two attached hydrogens (primary N) is 1. The van der Waals surface area contributed by atoms with Gasteiger partial charge in [-0.2, -0.15) is 5.26 Å². The molecule has 2 rings (SSSR count). The molecule has 0 fully saturated rings. The topological polar surface area (TPSA) is 117 Å². The van der Waals surface area contributed by atoms with Crippen LogP contribution in [0.15, 0.2) is 42.5 Å². The van der Waals surface area contributed by atoms with Crippen molar-refractivity contribution in [1.29, 1.82) is 5.26 Å². The highest BCUT2D eigenvalue weighted by Gasteiger charge is 2.09. The van der Waals surface area contributed by atoms with Gasteiger partial charge in [-0.1, -0.05) is 6.07 Å². The Bertz CT molecular complexity index is 693. The summed E-state index contributed by atoms with van der Waals surface area (Å²) in [5.74, 6) is 5.28. The quantitative estimate of drug-likeness (QED) is 0.446. The zero-order valence-electron chi connectivity index (χ0n) is 10.3. The zero-order chi connectivity index (χ0) is 14.5. The number of hydrazine groups is 1. The summed E-state index contributed by atoms with van der Waals surface area (Å²) in [6.07, 6.45) is 0. The number of rotatable bonds is 4. The van der Waals surface area contributed by atoms with Crippen molar-refractivity contribution in [3.63, 3.8) is 0 Å². The number of nitriles is 1. The van der Waals surface area contributed by atoms with E-state index in [4.69, 9.17) is 11.1 Å². The van der Waals surface area contributed by atoms with E-state index in [0.717, 1.165) is 0 Å². The molecule has 0 amide bonds. The van der Waals surface area contributed by atoms with Gasteiger partial charge in [-0.3, -0.25) is 16.0 Å². The number of anilines is 3. The molecule has 0 spiro atoms. The minimum Gasteiger partial charge on any atom is -0.355 e. The van der Waals surface area contributed by atoms with Crippen LogP contribution in [0.4, 0.5) is 22.7 Å². The first-order chi connectivity index (χ1) is 9.62. The van der Waals surface area contributed by atoms with Crippen LogP contribution in [0.3, 0.4) is 0 Å². The number of nitrogen functional groups attached to an aromatic ring is 1. The van der Waals surface area contributed by atoms with E-state index in [2.05, 4.69) is 10.7 Å². The van der Waals surface area contributed by atoms with Crippen molar-refractivity contribution in [2.45, 2.75) is 0 Å². The molecular formula is C13H11N5O2. The number of hydrogen-bond donors (Lipinski definition) is 3. The highest BCUT2D eigenvalue weighted by Crippen LogP contribution is 2.26. The largest absolute Gasteiger partial charge is 0.355 e. The minimum atomic E-state index is -0.502. The Morgan fingerprint density at radius 2 is 1.90 bits per heavy atom. The Morgan fingerprint density at radius 1 is 1.15 bits per heavy atom. The van der Waals surface area contributed by atoms with E-state index in [1.54, 1.807) is 30.3 Å². The molecule has 0 aliphatic heterocycles. The van der Waals surface area contributed by atoms with Crippen molar-refractivity contribution in [1.82, 2.24) is 0 Å². The molecule has 0 unspecified atom stereocenters. The summed E-state index contributed by atoms with van der Waals surface area (Å²) in [5, 5.41) is 22.7. The van der Waals surface area contributed by atoms with Crippen LogP contribution in [0.1, 0.15) is 5.56 Å². The average Bonchev–Trinajstić information content (AvgIpc) is 2.47. The number of non-ortho nitro benzene ring substituents is 1. The molecule has 0 saturated carbocycles. The summed E-state index contributed by atoms with van der Waals surface area (Å²) in [6, 6.07) is 13.2. The minimum absolute atomic E-state index is 0.0839. The van der Waals surface area contributed by atoms with Crippen LogP contribution in [0, 0.1) is 21.4 Å². The highest BCUT2D eigenvalue weighted by molar-refractivity contribution is 5.69. The van der Waals surface area contributed by atoms with Crippen molar-refractivity contribution in [2.24, 2.45) is 5.84 Å². The fraction of sp³-hybridized carbons (Fsp3) is 0. The first kappa shape index (κ1) is 13.3. The second-order valence-corrected chi connectivity index (χ2v) is 3.99. The van der Waals surface area contributed by atoms with Crippen molar-refractivity contribution in [3.8, 4) is 6.07 Å². The third-order valence-corrected chi connectivity index (χ3v) is 2.58. The molecule has 0 radical (unpaired) electrons. The standard InChI is InChI=1S/C13H11N5O2/c14-8-9-2-1-3-10(4-9)16-11-5-12(17-15)7-13(6-11)18(19)20/h1-7,16-17H,15H2. The Hall–Kier alpha value is -3.11. The molecule has 0 atom stereocenters. The second-order valence-electron chi connectivity index (χ2n) is 3.99. The SMILES string of the molecule is N#Cc1cccc(Nc2cc(NN)cc([N+](=O)[O-])c2)c1. The normalized spacial score (nSPS) is 9.60. The van der Waals surface area contributed by atoms with Gasteiger partial charge < -0.3 is 10.7 Å². The lowest BCUT2D eigenvalue weighted by atomic mass is 10.2. The van der Waals surface area contributed by atoms with Crippen LogP contribution in [0.5, 0.6) is 0 Å². The fourth-order valence-corrected chi connectivity index (χ4v) is 1.71. The number of benzene rings is 2. The van der Waals surface area contributed by atoms with Crippen LogP contribution >= 0.6 is 0 Å². The van der Waals surface area contributed by atoms with Gasteiger partial charge in [-0.05, 0) is 24.3 Å². The third kappa shape index (κ3) is 3.01. The maximum absolute atomic E-state index is 10.8. The molecule has 0 aliphatic rings. The van der Waals surface area contributed by atoms with E-state index < -0.39 is 4.92 Å². The van der Waals surface area contributed by atoms with Crippen LogP contribution in [-0.4, -0.2) is 4.92 Å². The number of nitrogens with zero attached hydrogens (tertiary/aromatic N) is 2. The third-order valence-electron chi connectivity index (χ3n) is 2.58. The molecule has 0 aromatic heterocycles. The molecule has 2 aromatic carbocycles. The molecule has 2 aromatic rings. The molecule has 7 heteroatoms. The van der Waals surface area contributed by atoms with Gasteiger partial charge in [0.25, 0.3) is 5.69 Å². The van der Waals surface area contributed by atoms with Gasteiger partial charge in [0.2, 0.25) is 0 Å². The maximum Gasteiger partial charge on any atom is 0.273 e. The Kier molecular flexibility index (Phi) is 3.79. The average molecular weight is 269 g/mol. The van der Waals surface area contributed by atoms with Crippen molar-refractivity contribution < 1.29 is 4.92 Å². The van der Waals surface area contributed by atoms with Crippen LogP contribution < -0.4 is 16.6 Å². The molecule has 0 saturated heterocycles. The number of nitrogens with one attached hydrogen (secondary N) is 2. The first-order valence-corrected chi connectivity index (χ1v) is 5.65. The number of nitro benzene ring substituents is 1. The Morgan fingerprint density at radius 3 is 2.55 bits per heavy atom. The Labute approximate surface area is 114 Å². The van der Waals surface area contributed by atoms with Gasteiger partial charge >= 0.3 is 0 Å². The van der Waals surface area contributed by atoms with Crippen LogP contribution in [-0.2, 0) is 0 Å². The summed E-state index contributed by atoms with van der Waals surface area (Å²) in [7, 11) is 0. The van der Waals surface area contributed by atoms with Gasteiger partial charge in [0.1, 0.15) is 0 Å². The molecule has 20 heavy (non-hydrogen) atoms. The first-order valence-electron chi connectivity index (χ1n) is 5.65. The summed E-state index contributed by atoms with van der Waals surface area (Å²) in [5.41, 5.74) is 4.36. The van der Waals surface area contributed by atoms with E-state index in [1.807, 2.05) is 6.07 Å². The van der Waals surface area contributed by atoms with Crippen molar-refractivity contribution in [2.75, 3.05) is 10.7 Å². The van der Waals surface area contributed by atoms with Crippen LogP contribution in [0.25, 0.3) is 0 Å².